The van der Waals surface area contributed by atoms with Crippen molar-refractivity contribution in [2.75, 3.05) is 20.1 Å². The largest absolute Gasteiger partial charge is 0.484 e. The third-order valence-electron chi connectivity index (χ3n) is 7.49. The first kappa shape index (κ1) is 20.5. The maximum absolute atomic E-state index is 6.77. The van der Waals surface area contributed by atoms with E-state index in [1.54, 1.807) is 0 Å². The second kappa shape index (κ2) is 8.64. The summed E-state index contributed by atoms with van der Waals surface area (Å²) in [6, 6.07) is 18.6. The summed E-state index contributed by atoms with van der Waals surface area (Å²) in [5, 5.41) is 3.50. The van der Waals surface area contributed by atoms with Crippen molar-refractivity contribution in [1.29, 1.82) is 0 Å². The van der Waals surface area contributed by atoms with E-state index in [4.69, 9.17) is 4.74 Å². The molecule has 1 saturated heterocycles. The van der Waals surface area contributed by atoms with Gasteiger partial charge in [0.1, 0.15) is 11.9 Å². The van der Waals surface area contributed by atoms with Gasteiger partial charge >= 0.3 is 0 Å². The Morgan fingerprint density at radius 3 is 2.55 bits per heavy atom. The zero-order valence-corrected chi connectivity index (χ0v) is 18.8. The summed E-state index contributed by atoms with van der Waals surface area (Å²) in [6.45, 7) is 4.53. The smallest absolute Gasteiger partial charge is 0.139 e. The molecule has 5 rings (SSSR count). The van der Waals surface area contributed by atoms with Crippen LogP contribution in [-0.4, -0.2) is 37.1 Å². The number of aryl methyl sites for hydroxylation is 1. The lowest BCUT2D eigenvalue weighted by Gasteiger charge is -2.44. The lowest BCUT2D eigenvalue weighted by atomic mass is 9.83. The number of likely N-dealkylation sites (N-methyl/N-ethyl adjacent to an activating group) is 1. The van der Waals surface area contributed by atoms with Crippen molar-refractivity contribution in [2.24, 2.45) is 0 Å². The monoisotopic (exact) mass is 414 g/mol. The van der Waals surface area contributed by atoms with Crippen molar-refractivity contribution in [3.8, 4) is 5.75 Å². The molecular formula is C28H34N2O. The number of piperidine rings is 1. The number of fused-ring (bicyclic) bond motifs is 1. The van der Waals surface area contributed by atoms with E-state index in [-0.39, 0.29) is 11.5 Å². The Balaban J connectivity index is 1.41. The number of likely N-dealkylation sites (tertiary alicyclic amines) is 1. The fourth-order valence-electron chi connectivity index (χ4n) is 5.56. The van der Waals surface area contributed by atoms with Crippen LogP contribution < -0.4 is 10.1 Å². The van der Waals surface area contributed by atoms with Gasteiger partial charge in [-0.15, -0.1) is 0 Å². The minimum atomic E-state index is -0.00549. The Labute approximate surface area is 186 Å². The maximum atomic E-state index is 6.77. The van der Waals surface area contributed by atoms with Crippen LogP contribution in [0.5, 0.6) is 5.75 Å². The van der Waals surface area contributed by atoms with E-state index in [1.165, 1.54) is 36.1 Å². The van der Waals surface area contributed by atoms with Gasteiger partial charge in [-0.05, 0) is 75.0 Å². The van der Waals surface area contributed by atoms with Crippen LogP contribution >= 0.6 is 0 Å². The fourth-order valence-corrected chi connectivity index (χ4v) is 5.56. The molecule has 1 heterocycles. The average Bonchev–Trinajstić information content (AvgIpc) is 3.27. The predicted molar refractivity (Wildman–Crippen MR) is 128 cm³/mol. The Morgan fingerprint density at radius 1 is 1.00 bits per heavy atom. The summed E-state index contributed by atoms with van der Waals surface area (Å²) in [5.41, 5.74) is 4.10. The van der Waals surface area contributed by atoms with E-state index < -0.39 is 0 Å². The van der Waals surface area contributed by atoms with Crippen LogP contribution in [0.3, 0.4) is 0 Å². The summed E-state index contributed by atoms with van der Waals surface area (Å²) < 4.78 is 6.77. The van der Waals surface area contributed by atoms with Gasteiger partial charge < -0.3 is 10.1 Å². The molecule has 162 valence electrons. The van der Waals surface area contributed by atoms with Gasteiger partial charge in [-0.25, -0.2) is 0 Å². The molecule has 3 unspecified atom stereocenters. The molecule has 2 aliphatic carbocycles. The average molecular weight is 415 g/mol. The van der Waals surface area contributed by atoms with Gasteiger partial charge in [-0.1, -0.05) is 60.7 Å². The van der Waals surface area contributed by atoms with Gasteiger partial charge in [-0.2, -0.15) is 0 Å². The minimum absolute atomic E-state index is 0.00549. The number of allylic oxidation sites excluding steroid dienone is 4. The standard InChI is InChI=1S/C28H34N2O/c1-28(17-5-6-18-28)22-12-14-24(15-13-22)31-27-25-10-4-3-8-21(25)11-16-26(27)30-19-7-9-23(20-30)29-2/h3-6,8,10,12-15,17-18,23,26-27,29H,7,9,11,16,19-20H2,1-2H3. The van der Waals surface area contributed by atoms with Crippen LogP contribution in [0.2, 0.25) is 0 Å². The van der Waals surface area contributed by atoms with Crippen molar-refractivity contribution < 1.29 is 4.74 Å². The summed E-state index contributed by atoms with van der Waals surface area (Å²) in [5.74, 6) is 0.965. The number of rotatable bonds is 5. The molecule has 1 N–H and O–H groups in total. The molecule has 0 spiro atoms. The predicted octanol–water partition coefficient (Wildman–Crippen LogP) is 5.19. The van der Waals surface area contributed by atoms with E-state index in [0.29, 0.717) is 12.1 Å². The zero-order chi connectivity index (χ0) is 21.3. The highest BCUT2D eigenvalue weighted by Gasteiger charge is 2.37. The third-order valence-corrected chi connectivity index (χ3v) is 7.49. The number of nitrogens with zero attached hydrogens (tertiary/aromatic N) is 1. The SMILES string of the molecule is CNC1CCCN(C2CCc3ccccc3C2Oc2ccc(C3(C)C=CC=C3)cc2)C1. The fraction of sp³-hybridized carbons (Fsp3) is 0.429. The molecule has 2 aromatic rings. The van der Waals surface area contributed by atoms with Crippen molar-refractivity contribution in [1.82, 2.24) is 10.2 Å². The summed E-state index contributed by atoms with van der Waals surface area (Å²) in [4.78, 5) is 2.68. The normalized spacial score (nSPS) is 27.2. The Kier molecular flexibility index (Phi) is 5.73. The quantitative estimate of drug-likeness (QED) is 0.729. The van der Waals surface area contributed by atoms with Gasteiger partial charge in [-0.3, -0.25) is 4.90 Å². The molecule has 0 aromatic heterocycles. The van der Waals surface area contributed by atoms with E-state index >= 15 is 0 Å². The highest BCUT2D eigenvalue weighted by atomic mass is 16.5. The van der Waals surface area contributed by atoms with Crippen molar-refractivity contribution in [2.45, 2.75) is 56.2 Å². The second-order valence-electron chi connectivity index (χ2n) is 9.49. The Morgan fingerprint density at radius 2 is 1.77 bits per heavy atom. The molecule has 0 bridgehead atoms. The highest BCUT2D eigenvalue weighted by Crippen LogP contribution is 2.38. The highest BCUT2D eigenvalue weighted by molar-refractivity contribution is 5.43. The summed E-state index contributed by atoms with van der Waals surface area (Å²) in [6.07, 6.45) is 13.7. The third kappa shape index (κ3) is 4.09. The van der Waals surface area contributed by atoms with Gasteiger partial charge in [0, 0.05) is 18.0 Å². The van der Waals surface area contributed by atoms with Crippen LogP contribution in [0.4, 0.5) is 0 Å². The summed E-state index contributed by atoms with van der Waals surface area (Å²) in [7, 11) is 2.09. The summed E-state index contributed by atoms with van der Waals surface area (Å²) >= 11 is 0. The van der Waals surface area contributed by atoms with Crippen molar-refractivity contribution in [3.63, 3.8) is 0 Å². The van der Waals surface area contributed by atoms with Crippen molar-refractivity contribution >= 4 is 0 Å². The lowest BCUT2D eigenvalue weighted by Crippen LogP contribution is -2.52. The lowest BCUT2D eigenvalue weighted by molar-refractivity contribution is 0.0336. The first-order chi connectivity index (χ1) is 15.2. The molecule has 0 amide bonds. The molecule has 0 saturated carbocycles. The minimum Gasteiger partial charge on any atom is -0.484 e. The molecule has 1 fully saturated rings. The number of ether oxygens (including phenoxy) is 1. The molecule has 0 radical (unpaired) electrons. The number of hydrogen-bond acceptors (Lipinski definition) is 3. The van der Waals surface area contributed by atoms with Crippen LogP contribution in [0.1, 0.15) is 49.0 Å². The molecule has 3 aliphatic rings. The van der Waals surface area contributed by atoms with Crippen molar-refractivity contribution in [3.05, 3.63) is 89.5 Å². The second-order valence-corrected chi connectivity index (χ2v) is 9.49. The Bertz CT molecular complexity index is 949. The van der Waals surface area contributed by atoms with Gasteiger partial charge in [0.25, 0.3) is 0 Å². The topological polar surface area (TPSA) is 24.5 Å². The zero-order valence-electron chi connectivity index (χ0n) is 18.8. The number of hydrogen-bond donors (Lipinski definition) is 1. The maximum Gasteiger partial charge on any atom is 0.139 e. The molecule has 3 heteroatoms. The van der Waals surface area contributed by atoms with E-state index in [1.807, 2.05) is 0 Å². The number of nitrogens with one attached hydrogen (secondary N) is 1. The van der Waals surface area contributed by atoms with E-state index in [9.17, 15) is 0 Å². The first-order valence-corrected chi connectivity index (χ1v) is 11.8. The van der Waals surface area contributed by atoms with Crippen LogP contribution in [-0.2, 0) is 11.8 Å². The molecule has 3 nitrogen and oxygen atoms in total. The van der Waals surface area contributed by atoms with Crippen LogP contribution in [0.25, 0.3) is 0 Å². The van der Waals surface area contributed by atoms with Gasteiger partial charge in [0.15, 0.2) is 0 Å². The molecule has 1 aliphatic heterocycles. The Hall–Kier alpha value is -2.36. The number of benzene rings is 2. The van der Waals surface area contributed by atoms with Crippen LogP contribution in [0, 0.1) is 0 Å². The van der Waals surface area contributed by atoms with E-state index in [2.05, 4.69) is 97.0 Å². The van der Waals surface area contributed by atoms with Crippen LogP contribution in [0.15, 0.2) is 72.8 Å². The van der Waals surface area contributed by atoms with E-state index in [0.717, 1.165) is 25.1 Å². The van der Waals surface area contributed by atoms with Gasteiger partial charge in [0.2, 0.25) is 0 Å². The molecule has 31 heavy (non-hydrogen) atoms. The molecular weight excluding hydrogens is 380 g/mol. The molecule has 3 atom stereocenters. The van der Waals surface area contributed by atoms with Gasteiger partial charge in [0.05, 0.1) is 6.04 Å². The molecule has 2 aromatic carbocycles. The first-order valence-electron chi connectivity index (χ1n) is 11.8.